The summed E-state index contributed by atoms with van der Waals surface area (Å²) < 4.78 is 61.2. The van der Waals surface area contributed by atoms with Crippen molar-refractivity contribution in [3.8, 4) is 5.69 Å². The lowest BCUT2D eigenvalue weighted by atomic mass is 9.85. The van der Waals surface area contributed by atoms with Crippen molar-refractivity contribution in [2.45, 2.75) is 37.3 Å². The average Bonchev–Trinajstić information content (AvgIpc) is 3.71. The molecule has 11 heteroatoms. The molecule has 0 spiro atoms. The fourth-order valence-electron chi connectivity index (χ4n) is 5.69. The van der Waals surface area contributed by atoms with Gasteiger partial charge in [0.05, 0.1) is 42.2 Å². The molecule has 3 heterocycles. The van der Waals surface area contributed by atoms with Crippen LogP contribution in [0.15, 0.2) is 73.1 Å². The molecule has 0 aliphatic carbocycles. The summed E-state index contributed by atoms with van der Waals surface area (Å²) in [4.78, 5) is 2.14. The van der Waals surface area contributed by atoms with Gasteiger partial charge in [0.25, 0.3) is 0 Å². The van der Waals surface area contributed by atoms with Gasteiger partial charge in [0, 0.05) is 41.3 Å². The largest absolute Gasteiger partial charge is 0.425 e. The van der Waals surface area contributed by atoms with Crippen molar-refractivity contribution in [2.75, 3.05) is 24.6 Å². The van der Waals surface area contributed by atoms with Gasteiger partial charge in [-0.2, -0.15) is 18.3 Å². The van der Waals surface area contributed by atoms with E-state index in [0.29, 0.717) is 22.1 Å². The second-order valence-electron chi connectivity index (χ2n) is 10.4. The van der Waals surface area contributed by atoms with Crippen LogP contribution in [-0.4, -0.2) is 61.6 Å². The summed E-state index contributed by atoms with van der Waals surface area (Å²) in [6, 6.07) is 14.5. The molecule has 5 aromatic rings. The van der Waals surface area contributed by atoms with Crippen molar-refractivity contribution < 1.29 is 32.9 Å². The zero-order chi connectivity index (χ0) is 28.9. The number of benzene rings is 3. The second-order valence-corrected chi connectivity index (χ2v) is 10.4. The maximum absolute atomic E-state index is 15.0. The van der Waals surface area contributed by atoms with Gasteiger partial charge in [0.1, 0.15) is 5.82 Å². The predicted octanol–water partition coefficient (Wildman–Crippen LogP) is 4.87. The highest BCUT2D eigenvalue weighted by atomic mass is 19.4. The highest BCUT2D eigenvalue weighted by Crippen LogP contribution is 2.48. The summed E-state index contributed by atoms with van der Waals surface area (Å²) in [5.41, 5.74) is -1.94. The minimum Gasteiger partial charge on any atom is -0.394 e. The van der Waals surface area contributed by atoms with Crippen LogP contribution in [0.3, 0.4) is 0 Å². The number of nitrogens with zero attached hydrogens (tertiary/aromatic N) is 4. The van der Waals surface area contributed by atoms with Gasteiger partial charge in [-0.1, -0.05) is 12.1 Å². The molecule has 0 radical (unpaired) electrons. The van der Waals surface area contributed by atoms with Crippen molar-refractivity contribution in [3.05, 3.63) is 90.0 Å². The molecule has 2 unspecified atom stereocenters. The first kappa shape index (κ1) is 27.3. The van der Waals surface area contributed by atoms with Crippen molar-refractivity contribution in [1.82, 2.24) is 14.3 Å². The molecule has 2 aromatic heterocycles. The third-order valence-electron chi connectivity index (χ3n) is 7.81. The first-order valence-corrected chi connectivity index (χ1v) is 13.3. The van der Waals surface area contributed by atoms with Crippen molar-refractivity contribution >= 4 is 27.5 Å². The normalized spacial score (nSPS) is 16.5. The Bertz CT molecular complexity index is 1710. The quantitative estimate of drug-likeness (QED) is 0.244. The smallest absolute Gasteiger partial charge is 0.394 e. The number of aromatic nitrogens is 3. The van der Waals surface area contributed by atoms with Gasteiger partial charge in [-0.15, -0.1) is 0 Å². The number of hydrogen-bond donors (Lipinski definition) is 3. The number of alkyl halides is 3. The highest BCUT2D eigenvalue weighted by Gasteiger charge is 2.57. The Morgan fingerprint density at radius 3 is 2.29 bits per heavy atom. The molecule has 7 nitrogen and oxygen atoms in total. The molecule has 1 saturated heterocycles. The second kappa shape index (κ2) is 10.2. The molecule has 214 valence electrons. The van der Waals surface area contributed by atoms with Gasteiger partial charge in [0.2, 0.25) is 5.60 Å². The number of halogens is 4. The summed E-state index contributed by atoms with van der Waals surface area (Å²) in [7, 11) is 0. The Hall–Kier alpha value is -3.93. The molecule has 0 amide bonds. The maximum atomic E-state index is 15.0. The molecule has 41 heavy (non-hydrogen) atoms. The van der Waals surface area contributed by atoms with E-state index in [9.17, 15) is 32.9 Å². The van der Waals surface area contributed by atoms with E-state index in [-0.39, 0.29) is 17.5 Å². The number of aliphatic hydroxyl groups excluding tert-OH is 2. The van der Waals surface area contributed by atoms with E-state index in [1.54, 1.807) is 18.2 Å². The van der Waals surface area contributed by atoms with E-state index in [1.807, 2.05) is 0 Å². The Morgan fingerprint density at radius 1 is 0.902 bits per heavy atom. The van der Waals surface area contributed by atoms with Crippen molar-refractivity contribution in [1.29, 1.82) is 0 Å². The predicted molar refractivity (Wildman–Crippen MR) is 147 cm³/mol. The molecule has 0 saturated carbocycles. The highest BCUT2D eigenvalue weighted by molar-refractivity contribution is 5.89. The molecule has 6 rings (SSSR count). The van der Waals surface area contributed by atoms with E-state index >= 15 is 0 Å². The molecule has 1 fully saturated rings. The summed E-state index contributed by atoms with van der Waals surface area (Å²) in [5.74, 6) is -0.430. The standard InChI is InChI=1S/C30H28F4N4O3/c31-21-4-6-22(7-5-21)38-27-10-3-20(13-19(27)15-35-38)29(41,30(32,33)34)26-17-37(16-24(40)18-39)28-14-23(8-9-25(26)28)36-11-1-2-12-36/h3-10,13-15,17,24,39-41H,1-2,11-12,16,18H2. The summed E-state index contributed by atoms with van der Waals surface area (Å²) in [5, 5.41) is 36.1. The van der Waals surface area contributed by atoms with Gasteiger partial charge in [-0.3, -0.25) is 0 Å². The van der Waals surface area contributed by atoms with E-state index in [4.69, 9.17) is 0 Å². The number of rotatable bonds is 7. The SMILES string of the molecule is OCC(O)Cn1cc(C(O)(c2ccc3c(cnn3-c3ccc(F)cc3)c2)C(F)(F)F)c2ccc(N3CCCC3)cc21. The van der Waals surface area contributed by atoms with Crippen LogP contribution in [0.25, 0.3) is 27.5 Å². The molecule has 0 bridgehead atoms. The summed E-state index contributed by atoms with van der Waals surface area (Å²) >= 11 is 0. The average molecular weight is 569 g/mol. The van der Waals surface area contributed by atoms with Gasteiger partial charge in [-0.05, 0) is 66.9 Å². The topological polar surface area (TPSA) is 86.7 Å². The lowest BCUT2D eigenvalue weighted by molar-refractivity contribution is -0.247. The minimum atomic E-state index is -5.12. The van der Waals surface area contributed by atoms with Crippen LogP contribution in [0.4, 0.5) is 23.2 Å². The van der Waals surface area contributed by atoms with Crippen LogP contribution in [-0.2, 0) is 12.1 Å². The van der Waals surface area contributed by atoms with Crippen LogP contribution >= 0.6 is 0 Å². The third-order valence-corrected chi connectivity index (χ3v) is 7.81. The molecule has 3 aromatic carbocycles. The van der Waals surface area contributed by atoms with Crippen LogP contribution < -0.4 is 4.90 Å². The first-order chi connectivity index (χ1) is 19.6. The lowest BCUT2D eigenvalue weighted by Gasteiger charge is -2.31. The monoisotopic (exact) mass is 568 g/mol. The van der Waals surface area contributed by atoms with Crippen LogP contribution in [0.5, 0.6) is 0 Å². The van der Waals surface area contributed by atoms with Crippen LogP contribution in [0, 0.1) is 5.82 Å². The van der Waals surface area contributed by atoms with E-state index < -0.39 is 35.9 Å². The molecule has 1 aliphatic rings. The molecular formula is C30H28F4N4O3. The number of fused-ring (bicyclic) bond motifs is 2. The van der Waals surface area contributed by atoms with E-state index in [1.165, 1.54) is 64.1 Å². The fraction of sp³-hybridized carbons (Fsp3) is 0.300. The summed E-state index contributed by atoms with van der Waals surface area (Å²) in [6.07, 6.45) is -1.69. The number of anilines is 1. The van der Waals surface area contributed by atoms with Crippen molar-refractivity contribution in [3.63, 3.8) is 0 Å². The maximum Gasteiger partial charge on any atom is 0.425 e. The Labute approximate surface area is 232 Å². The van der Waals surface area contributed by atoms with Gasteiger partial charge < -0.3 is 24.8 Å². The lowest BCUT2D eigenvalue weighted by Crippen LogP contribution is -2.43. The number of aliphatic hydroxyl groups is 3. The van der Waals surface area contributed by atoms with Crippen molar-refractivity contribution in [2.24, 2.45) is 0 Å². The Kier molecular flexibility index (Phi) is 6.75. The minimum absolute atomic E-state index is 0.159. The van der Waals surface area contributed by atoms with E-state index in [0.717, 1.165) is 31.6 Å². The van der Waals surface area contributed by atoms with Gasteiger partial charge >= 0.3 is 6.18 Å². The van der Waals surface area contributed by atoms with Crippen LogP contribution in [0.2, 0.25) is 0 Å². The Morgan fingerprint density at radius 2 is 1.61 bits per heavy atom. The van der Waals surface area contributed by atoms with Crippen LogP contribution in [0.1, 0.15) is 24.0 Å². The molecule has 1 aliphatic heterocycles. The van der Waals surface area contributed by atoms with Gasteiger partial charge in [0.15, 0.2) is 0 Å². The zero-order valence-corrected chi connectivity index (χ0v) is 21.9. The molecule has 3 N–H and O–H groups in total. The number of hydrogen-bond acceptors (Lipinski definition) is 5. The first-order valence-electron chi connectivity index (χ1n) is 13.3. The molecular weight excluding hydrogens is 540 g/mol. The third kappa shape index (κ3) is 4.63. The zero-order valence-electron chi connectivity index (χ0n) is 21.9. The molecule has 2 atom stereocenters. The van der Waals surface area contributed by atoms with E-state index in [2.05, 4.69) is 10.00 Å². The fourth-order valence-corrected chi connectivity index (χ4v) is 5.69. The van der Waals surface area contributed by atoms with Gasteiger partial charge in [-0.25, -0.2) is 9.07 Å². The summed E-state index contributed by atoms with van der Waals surface area (Å²) in [6.45, 7) is 0.930. The Balaban J connectivity index is 1.51.